The van der Waals surface area contributed by atoms with Crippen LogP contribution in [0.4, 0.5) is 0 Å². The minimum absolute atomic E-state index is 0.0114. The third-order valence-corrected chi connectivity index (χ3v) is 16.8. The average molecular weight is 527 g/mol. The van der Waals surface area contributed by atoms with Gasteiger partial charge in [0.25, 0.3) is 0 Å². The quantitative estimate of drug-likeness (QED) is 0.226. The summed E-state index contributed by atoms with van der Waals surface area (Å²) in [6.45, 7) is 14.0. The first-order valence-corrected chi connectivity index (χ1v) is 19.4. The van der Waals surface area contributed by atoms with Crippen LogP contribution >= 0.6 is 31.7 Å². The Morgan fingerprint density at radius 1 is 0.324 bits per heavy atom. The van der Waals surface area contributed by atoms with E-state index < -0.39 is 7.92 Å². The molecule has 34 heavy (non-hydrogen) atoms. The van der Waals surface area contributed by atoms with Gasteiger partial charge in [0.05, 0.1) is 0 Å². The van der Waals surface area contributed by atoms with Crippen molar-refractivity contribution >= 4 is 63.5 Å². The lowest BCUT2D eigenvalue weighted by atomic mass is 10.3. The highest BCUT2D eigenvalue weighted by molar-refractivity contribution is 7.80. The fraction of sp³-hybridized carbons (Fsp3) is 0.400. The van der Waals surface area contributed by atoms with Gasteiger partial charge in [-0.2, -0.15) is 0 Å². The van der Waals surface area contributed by atoms with Gasteiger partial charge in [0.2, 0.25) is 0 Å². The molecule has 0 amide bonds. The molecular formula is C30H42P4. The maximum Gasteiger partial charge on any atom is -0.0134 e. The number of rotatable bonds is 12. The Morgan fingerprint density at radius 2 is 0.500 bits per heavy atom. The highest BCUT2D eigenvalue weighted by Gasteiger charge is 2.19. The van der Waals surface area contributed by atoms with Crippen molar-refractivity contribution in [3.63, 3.8) is 0 Å². The Bertz CT molecular complexity index is 836. The Hall–Kier alpha value is -0.620. The van der Waals surface area contributed by atoms with Gasteiger partial charge in [-0.25, -0.2) is 0 Å². The van der Waals surface area contributed by atoms with E-state index in [-0.39, 0.29) is 23.8 Å². The fourth-order valence-electron chi connectivity index (χ4n) is 4.65. The van der Waals surface area contributed by atoms with E-state index >= 15 is 0 Å². The van der Waals surface area contributed by atoms with E-state index in [2.05, 4.69) is 114 Å². The van der Waals surface area contributed by atoms with Gasteiger partial charge >= 0.3 is 0 Å². The van der Waals surface area contributed by atoms with Crippen LogP contribution in [0.5, 0.6) is 0 Å². The summed E-state index contributed by atoms with van der Waals surface area (Å²) >= 11 is 0. The predicted molar refractivity (Wildman–Crippen MR) is 168 cm³/mol. The van der Waals surface area contributed by atoms with Gasteiger partial charge in [0.15, 0.2) is 0 Å². The molecule has 0 atom stereocenters. The summed E-state index contributed by atoms with van der Waals surface area (Å²) in [5.74, 6) is 0. The van der Waals surface area contributed by atoms with E-state index in [1.54, 1.807) is 15.9 Å². The highest BCUT2D eigenvalue weighted by Crippen LogP contribution is 2.38. The van der Waals surface area contributed by atoms with Crippen LogP contribution in [0, 0.1) is 0 Å². The molecule has 3 rings (SSSR count). The molecule has 0 unspecified atom stereocenters. The molecule has 0 fully saturated rings. The first-order valence-electron chi connectivity index (χ1n) is 12.9. The third kappa shape index (κ3) is 6.78. The normalized spacial score (nSPS) is 11.8. The van der Waals surface area contributed by atoms with Crippen molar-refractivity contribution in [2.75, 3.05) is 37.0 Å². The number of hydrogen-bond acceptors (Lipinski definition) is 0. The van der Waals surface area contributed by atoms with E-state index in [0.717, 1.165) is 0 Å². The summed E-state index contributed by atoms with van der Waals surface area (Å²) < 4.78 is 0. The highest BCUT2D eigenvalue weighted by atomic mass is 31.1. The first-order chi connectivity index (χ1) is 16.6. The van der Waals surface area contributed by atoms with Crippen LogP contribution in [0.2, 0.25) is 0 Å². The molecule has 0 aliphatic heterocycles. The summed E-state index contributed by atoms with van der Waals surface area (Å²) in [5.41, 5.74) is 0. The van der Waals surface area contributed by atoms with Crippen molar-refractivity contribution in [2.24, 2.45) is 0 Å². The third-order valence-electron chi connectivity index (χ3n) is 6.71. The first kappa shape index (κ1) is 28.0. The molecule has 4 heteroatoms. The zero-order chi connectivity index (χ0) is 24.5. The molecule has 0 N–H and O–H groups in total. The minimum atomic E-state index is -0.545. The summed E-state index contributed by atoms with van der Waals surface area (Å²) in [4.78, 5) is 0. The molecule has 0 aromatic heterocycles. The van der Waals surface area contributed by atoms with Crippen molar-refractivity contribution in [2.45, 2.75) is 41.5 Å². The molecule has 0 nitrogen and oxygen atoms in total. The molecule has 0 radical (unpaired) electrons. The van der Waals surface area contributed by atoms with Gasteiger partial charge in [0.1, 0.15) is 0 Å². The van der Waals surface area contributed by atoms with Crippen molar-refractivity contribution < 1.29 is 0 Å². The van der Waals surface area contributed by atoms with Crippen molar-refractivity contribution in [1.82, 2.24) is 0 Å². The van der Waals surface area contributed by atoms with Crippen LogP contribution in [0.3, 0.4) is 0 Å². The minimum Gasteiger partial charge on any atom is -0.0759 e. The number of benzene rings is 3. The average Bonchev–Trinajstić information content (AvgIpc) is 2.89. The molecule has 0 aliphatic rings. The monoisotopic (exact) mass is 526 g/mol. The van der Waals surface area contributed by atoms with Gasteiger partial charge in [-0.05, 0) is 76.7 Å². The summed E-state index contributed by atoms with van der Waals surface area (Å²) in [6.07, 6.45) is 7.66. The van der Waals surface area contributed by atoms with E-state index in [9.17, 15) is 0 Å². The Kier molecular flexibility index (Phi) is 11.7. The molecule has 3 aromatic rings. The maximum absolute atomic E-state index is 2.43. The number of hydrogen-bond donors (Lipinski definition) is 0. The van der Waals surface area contributed by atoms with E-state index in [1.807, 2.05) is 0 Å². The largest absolute Gasteiger partial charge is 0.0759 e. The zero-order valence-electron chi connectivity index (χ0n) is 22.0. The summed E-state index contributed by atoms with van der Waals surface area (Å²) in [6, 6.07) is 29.1. The van der Waals surface area contributed by atoms with E-state index in [1.165, 1.54) is 52.9 Å². The molecule has 0 spiro atoms. The van der Waals surface area contributed by atoms with Gasteiger partial charge in [-0.3, -0.25) is 0 Å². The molecule has 3 aromatic carbocycles. The smallest absolute Gasteiger partial charge is 0.0134 e. The Balaban J connectivity index is 2.01. The molecular weight excluding hydrogens is 484 g/mol. The topological polar surface area (TPSA) is 0 Å². The Labute approximate surface area is 214 Å². The van der Waals surface area contributed by atoms with Crippen molar-refractivity contribution in [3.8, 4) is 0 Å². The van der Waals surface area contributed by atoms with E-state index in [4.69, 9.17) is 0 Å². The van der Waals surface area contributed by atoms with Crippen LogP contribution < -0.4 is 31.8 Å². The van der Waals surface area contributed by atoms with Gasteiger partial charge in [0, 0.05) is 0 Å². The second kappa shape index (κ2) is 14.2. The van der Waals surface area contributed by atoms with Gasteiger partial charge in [-0.1, -0.05) is 138 Å². The molecule has 0 saturated carbocycles. The second-order valence-electron chi connectivity index (χ2n) is 8.40. The molecule has 0 saturated heterocycles. The molecule has 0 aliphatic carbocycles. The molecule has 182 valence electrons. The lowest BCUT2D eigenvalue weighted by Crippen LogP contribution is -2.23. The summed E-state index contributed by atoms with van der Waals surface area (Å²) in [5, 5.41) is 9.08. The van der Waals surface area contributed by atoms with Crippen LogP contribution in [-0.2, 0) is 0 Å². The molecule has 0 heterocycles. The Morgan fingerprint density at radius 3 is 0.676 bits per heavy atom. The van der Waals surface area contributed by atoms with Gasteiger partial charge in [-0.15, -0.1) is 0 Å². The molecule has 0 bridgehead atoms. The van der Waals surface area contributed by atoms with Crippen molar-refractivity contribution in [1.29, 1.82) is 0 Å². The SMILES string of the molecule is CCP(CC)c1ccc(P(c2ccc(P(CC)CC)cc2)c2ccc(P(CC)CC)cc2)cc1. The lowest BCUT2D eigenvalue weighted by molar-refractivity contribution is 1.42. The fourth-order valence-corrected chi connectivity index (χ4v) is 12.1. The maximum atomic E-state index is 2.43. The zero-order valence-corrected chi connectivity index (χ0v) is 25.5. The van der Waals surface area contributed by atoms with Crippen LogP contribution in [0.1, 0.15) is 41.5 Å². The summed E-state index contributed by atoms with van der Waals surface area (Å²) in [7, 11) is -0.579. The standard InChI is InChI=1S/C30H42P4/c1-7-31(8-2)25-13-19-28(20-14-25)34(29-21-15-26(16-22-29)32(9-3)10-4)30-23-17-27(18-24-30)33(11-5)12-6/h13-24H,7-12H2,1-6H3. The van der Waals surface area contributed by atoms with Crippen LogP contribution in [0.25, 0.3) is 0 Å². The second-order valence-corrected chi connectivity index (χ2v) is 19.2. The van der Waals surface area contributed by atoms with Crippen LogP contribution in [-0.4, -0.2) is 37.0 Å². The van der Waals surface area contributed by atoms with Crippen molar-refractivity contribution in [3.05, 3.63) is 72.8 Å². The van der Waals surface area contributed by atoms with Gasteiger partial charge < -0.3 is 0 Å². The predicted octanol–water partition coefficient (Wildman–Crippen LogP) is 6.89. The lowest BCUT2D eigenvalue weighted by Gasteiger charge is -2.23. The van der Waals surface area contributed by atoms with E-state index in [0.29, 0.717) is 0 Å². The van der Waals surface area contributed by atoms with Crippen LogP contribution in [0.15, 0.2) is 72.8 Å².